The summed E-state index contributed by atoms with van der Waals surface area (Å²) in [7, 11) is 0. The molecule has 0 amide bonds. The molecule has 0 aliphatic heterocycles. The second-order valence-corrected chi connectivity index (χ2v) is 3.48. The summed E-state index contributed by atoms with van der Waals surface area (Å²) < 4.78 is 0. The SMILES string of the molecule is Cc1ccc(/C=C/c2ccccc2)cn1. The van der Waals surface area contributed by atoms with Crippen LogP contribution in [0.15, 0.2) is 48.7 Å². The van der Waals surface area contributed by atoms with Gasteiger partial charge in [0.25, 0.3) is 0 Å². The van der Waals surface area contributed by atoms with E-state index in [2.05, 4.69) is 35.3 Å². The molecule has 0 N–H and O–H groups in total. The number of rotatable bonds is 2. The van der Waals surface area contributed by atoms with Gasteiger partial charge in [-0.1, -0.05) is 48.6 Å². The van der Waals surface area contributed by atoms with Crippen LogP contribution in [0.1, 0.15) is 16.8 Å². The third kappa shape index (κ3) is 2.78. The van der Waals surface area contributed by atoms with Gasteiger partial charge in [-0.3, -0.25) is 4.98 Å². The van der Waals surface area contributed by atoms with E-state index in [1.807, 2.05) is 37.4 Å². The van der Waals surface area contributed by atoms with E-state index in [0.717, 1.165) is 11.3 Å². The Hall–Kier alpha value is -1.89. The predicted octanol–water partition coefficient (Wildman–Crippen LogP) is 3.56. The van der Waals surface area contributed by atoms with Crippen LogP contribution in [0.5, 0.6) is 0 Å². The maximum atomic E-state index is 4.24. The minimum atomic E-state index is 1.05. The summed E-state index contributed by atoms with van der Waals surface area (Å²) in [6, 6.07) is 14.3. The van der Waals surface area contributed by atoms with Crippen molar-refractivity contribution >= 4 is 12.2 Å². The first-order valence-corrected chi connectivity index (χ1v) is 5.00. The molecule has 0 fully saturated rings. The molecule has 0 bridgehead atoms. The molecule has 2 aromatic rings. The highest BCUT2D eigenvalue weighted by molar-refractivity contribution is 5.69. The van der Waals surface area contributed by atoms with Crippen LogP contribution < -0.4 is 0 Å². The zero-order valence-corrected chi connectivity index (χ0v) is 8.72. The van der Waals surface area contributed by atoms with Gasteiger partial charge in [0.1, 0.15) is 0 Å². The summed E-state index contributed by atoms with van der Waals surface area (Å²) in [5, 5.41) is 0. The van der Waals surface area contributed by atoms with Gasteiger partial charge >= 0.3 is 0 Å². The van der Waals surface area contributed by atoms with Crippen LogP contribution in [0.2, 0.25) is 0 Å². The number of benzene rings is 1. The van der Waals surface area contributed by atoms with Crippen molar-refractivity contribution in [1.82, 2.24) is 4.98 Å². The maximum Gasteiger partial charge on any atom is 0.0373 e. The summed E-state index contributed by atoms with van der Waals surface area (Å²) in [5.41, 5.74) is 3.38. The van der Waals surface area contributed by atoms with Gasteiger partial charge in [0, 0.05) is 11.9 Å². The summed E-state index contributed by atoms with van der Waals surface area (Å²) in [6.45, 7) is 1.99. The van der Waals surface area contributed by atoms with E-state index in [4.69, 9.17) is 0 Å². The van der Waals surface area contributed by atoms with Gasteiger partial charge in [0.05, 0.1) is 0 Å². The quantitative estimate of drug-likeness (QED) is 0.714. The van der Waals surface area contributed by atoms with E-state index in [-0.39, 0.29) is 0 Å². The molecule has 0 saturated carbocycles. The van der Waals surface area contributed by atoms with Crippen molar-refractivity contribution in [1.29, 1.82) is 0 Å². The Morgan fingerprint density at radius 2 is 1.60 bits per heavy atom. The molecule has 0 spiro atoms. The molecule has 1 heteroatoms. The van der Waals surface area contributed by atoms with Crippen LogP contribution in [0.25, 0.3) is 12.2 Å². The van der Waals surface area contributed by atoms with Crippen LogP contribution >= 0.6 is 0 Å². The number of aromatic nitrogens is 1. The number of aryl methyl sites for hydroxylation is 1. The molecule has 1 heterocycles. The van der Waals surface area contributed by atoms with Crippen LogP contribution in [0, 0.1) is 6.92 Å². The molecule has 0 aliphatic rings. The summed E-state index contributed by atoms with van der Waals surface area (Å²) in [4.78, 5) is 4.24. The maximum absolute atomic E-state index is 4.24. The van der Waals surface area contributed by atoms with Gasteiger partial charge in [-0.15, -0.1) is 0 Å². The fraction of sp³-hybridized carbons (Fsp3) is 0.0714. The summed E-state index contributed by atoms with van der Waals surface area (Å²) >= 11 is 0. The fourth-order valence-electron chi connectivity index (χ4n) is 1.33. The molecular weight excluding hydrogens is 182 g/mol. The van der Waals surface area contributed by atoms with Gasteiger partial charge in [0.2, 0.25) is 0 Å². The Kier molecular flexibility index (Phi) is 2.93. The molecule has 0 aliphatic carbocycles. The minimum Gasteiger partial charge on any atom is -0.261 e. The zero-order chi connectivity index (χ0) is 10.5. The average molecular weight is 195 g/mol. The largest absolute Gasteiger partial charge is 0.261 e. The molecular formula is C14H13N. The molecule has 2 rings (SSSR count). The van der Waals surface area contributed by atoms with Crippen LogP contribution in [0.4, 0.5) is 0 Å². The number of nitrogens with zero attached hydrogens (tertiary/aromatic N) is 1. The normalized spacial score (nSPS) is 10.7. The molecule has 0 saturated heterocycles. The molecule has 0 atom stereocenters. The standard InChI is InChI=1S/C14H13N/c1-12-7-8-14(11-15-12)10-9-13-5-3-2-4-6-13/h2-11H,1H3/b10-9+. The first-order valence-electron chi connectivity index (χ1n) is 5.00. The van der Waals surface area contributed by atoms with E-state index >= 15 is 0 Å². The van der Waals surface area contributed by atoms with Crippen molar-refractivity contribution in [2.24, 2.45) is 0 Å². The van der Waals surface area contributed by atoms with Gasteiger partial charge in [0.15, 0.2) is 0 Å². The Labute approximate surface area is 90.1 Å². The summed E-state index contributed by atoms with van der Waals surface area (Å²) in [5.74, 6) is 0. The first kappa shape index (κ1) is 9.66. The molecule has 74 valence electrons. The van der Waals surface area contributed by atoms with Crippen molar-refractivity contribution in [3.05, 3.63) is 65.5 Å². The van der Waals surface area contributed by atoms with E-state index in [9.17, 15) is 0 Å². The topological polar surface area (TPSA) is 12.9 Å². The molecule has 1 aromatic heterocycles. The monoisotopic (exact) mass is 195 g/mol. The Morgan fingerprint density at radius 3 is 2.27 bits per heavy atom. The summed E-state index contributed by atoms with van der Waals surface area (Å²) in [6.07, 6.45) is 6.04. The lowest BCUT2D eigenvalue weighted by atomic mass is 10.1. The number of hydrogen-bond donors (Lipinski definition) is 0. The molecule has 0 unspecified atom stereocenters. The van der Waals surface area contributed by atoms with E-state index in [1.54, 1.807) is 0 Å². The van der Waals surface area contributed by atoms with Crippen molar-refractivity contribution in [3.63, 3.8) is 0 Å². The van der Waals surface area contributed by atoms with Gasteiger partial charge in [-0.2, -0.15) is 0 Å². The minimum absolute atomic E-state index is 1.05. The molecule has 1 aromatic carbocycles. The highest BCUT2D eigenvalue weighted by atomic mass is 14.6. The second-order valence-electron chi connectivity index (χ2n) is 3.48. The first-order chi connectivity index (χ1) is 7.34. The third-order valence-electron chi connectivity index (χ3n) is 2.20. The highest BCUT2D eigenvalue weighted by Gasteiger charge is 1.88. The highest BCUT2D eigenvalue weighted by Crippen LogP contribution is 2.07. The van der Waals surface area contributed by atoms with E-state index in [0.29, 0.717) is 0 Å². The molecule has 0 radical (unpaired) electrons. The average Bonchev–Trinajstić information content (AvgIpc) is 2.30. The van der Waals surface area contributed by atoms with Crippen molar-refractivity contribution in [3.8, 4) is 0 Å². The lowest BCUT2D eigenvalue weighted by molar-refractivity contribution is 1.19. The second kappa shape index (κ2) is 4.56. The van der Waals surface area contributed by atoms with Gasteiger partial charge in [-0.25, -0.2) is 0 Å². The smallest absolute Gasteiger partial charge is 0.0373 e. The van der Waals surface area contributed by atoms with Crippen molar-refractivity contribution < 1.29 is 0 Å². The Morgan fingerprint density at radius 1 is 0.867 bits per heavy atom. The van der Waals surface area contributed by atoms with Crippen LogP contribution in [-0.4, -0.2) is 4.98 Å². The molecule has 15 heavy (non-hydrogen) atoms. The predicted molar refractivity (Wildman–Crippen MR) is 64.3 cm³/mol. The fourth-order valence-corrected chi connectivity index (χ4v) is 1.33. The van der Waals surface area contributed by atoms with Crippen molar-refractivity contribution in [2.45, 2.75) is 6.92 Å². The zero-order valence-electron chi connectivity index (χ0n) is 8.72. The van der Waals surface area contributed by atoms with Crippen LogP contribution in [0.3, 0.4) is 0 Å². The van der Waals surface area contributed by atoms with Gasteiger partial charge in [-0.05, 0) is 24.1 Å². The van der Waals surface area contributed by atoms with Crippen molar-refractivity contribution in [2.75, 3.05) is 0 Å². The number of pyridine rings is 1. The number of hydrogen-bond acceptors (Lipinski definition) is 1. The molecule has 1 nitrogen and oxygen atoms in total. The lowest BCUT2D eigenvalue weighted by Crippen LogP contribution is -1.79. The Bertz CT molecular complexity index is 441. The third-order valence-corrected chi connectivity index (χ3v) is 2.20. The van der Waals surface area contributed by atoms with E-state index in [1.165, 1.54) is 5.56 Å². The Balaban J connectivity index is 2.15. The van der Waals surface area contributed by atoms with Gasteiger partial charge < -0.3 is 0 Å². The van der Waals surface area contributed by atoms with E-state index < -0.39 is 0 Å². The van der Waals surface area contributed by atoms with Crippen LogP contribution in [-0.2, 0) is 0 Å². The lowest BCUT2D eigenvalue weighted by Gasteiger charge is -1.94.